The highest BCUT2D eigenvalue weighted by atomic mass is 16.4. The Morgan fingerprint density at radius 2 is 1.93 bits per heavy atom. The van der Waals surface area contributed by atoms with E-state index in [9.17, 15) is 39.9 Å². The van der Waals surface area contributed by atoms with E-state index in [1.165, 1.54) is 0 Å². The Balaban J connectivity index is 1.60. The van der Waals surface area contributed by atoms with Gasteiger partial charge in [-0.3, -0.25) is 14.4 Å². The fraction of sp³-hybridized carbons (Fsp3) is 0.448. The van der Waals surface area contributed by atoms with Gasteiger partial charge in [0.1, 0.15) is 22.8 Å². The van der Waals surface area contributed by atoms with Crippen molar-refractivity contribution in [2.24, 2.45) is 17.6 Å². The minimum absolute atomic E-state index is 0.00649. The average molecular weight is 552 g/mol. The number of nitrogens with two attached hydrogens (primary N) is 1. The third-order valence-electron chi connectivity index (χ3n) is 9.01. The second-order valence-corrected chi connectivity index (χ2v) is 11.7. The highest BCUT2D eigenvalue weighted by molar-refractivity contribution is 6.23. The van der Waals surface area contributed by atoms with Crippen LogP contribution >= 0.6 is 0 Å². The monoisotopic (exact) mass is 551 g/mol. The van der Waals surface area contributed by atoms with Gasteiger partial charge in [0.05, 0.1) is 18.0 Å². The van der Waals surface area contributed by atoms with Gasteiger partial charge in [0.25, 0.3) is 5.91 Å². The molecule has 1 fully saturated rings. The molecule has 0 aliphatic heterocycles. The number of rotatable bonds is 6. The minimum Gasteiger partial charge on any atom is -0.508 e. The number of hydrogen-bond donors (Lipinski definition) is 6. The van der Waals surface area contributed by atoms with Crippen LogP contribution in [0.3, 0.4) is 0 Å². The molecule has 0 saturated heterocycles. The highest BCUT2D eigenvalue weighted by Gasteiger charge is 2.65. The normalized spacial score (nSPS) is 28.3. The number of ketones is 2. The van der Waals surface area contributed by atoms with E-state index in [-0.39, 0.29) is 16.9 Å². The number of benzene rings is 1. The van der Waals surface area contributed by atoms with Crippen molar-refractivity contribution in [2.75, 3.05) is 0 Å². The Morgan fingerprint density at radius 3 is 2.55 bits per heavy atom. The molecule has 0 bridgehead atoms. The van der Waals surface area contributed by atoms with Crippen molar-refractivity contribution in [1.29, 1.82) is 0 Å². The number of primary amides is 1. The van der Waals surface area contributed by atoms with Gasteiger partial charge >= 0.3 is 0 Å². The molecule has 1 aromatic heterocycles. The molecule has 212 valence electrons. The van der Waals surface area contributed by atoms with E-state index in [2.05, 4.69) is 4.98 Å². The Hall–Kier alpha value is -3.96. The summed E-state index contributed by atoms with van der Waals surface area (Å²) >= 11 is 0. The van der Waals surface area contributed by atoms with Crippen LogP contribution in [0.4, 0.5) is 0 Å². The summed E-state index contributed by atoms with van der Waals surface area (Å²) in [6, 6.07) is 3.51. The van der Waals surface area contributed by atoms with Crippen molar-refractivity contribution in [2.45, 2.75) is 69.6 Å². The van der Waals surface area contributed by atoms with E-state index in [1.54, 1.807) is 31.6 Å². The number of carbonyl (C=O) groups excluding carboxylic acids is 3. The van der Waals surface area contributed by atoms with Gasteiger partial charge < -0.3 is 35.8 Å². The SMILES string of the molecule is C[C@H]1c2ccc(C(C)(C)CCCn3ccnc3)c(O)c2C(O)=C2C(=O)[C@]3(O)C(O)=C(C(N)=O)C(=O)C[C@@H]3[C@@H](O)[C@@H]21. The number of Topliss-reactive ketones (excluding diaryl/α,β-unsaturated/α-hetero) is 2. The predicted molar refractivity (Wildman–Crippen MR) is 142 cm³/mol. The van der Waals surface area contributed by atoms with Crippen LogP contribution in [0.1, 0.15) is 62.6 Å². The molecule has 1 heterocycles. The van der Waals surface area contributed by atoms with Crippen LogP contribution in [-0.4, -0.2) is 64.3 Å². The molecular weight excluding hydrogens is 518 g/mol. The van der Waals surface area contributed by atoms with Gasteiger partial charge in [0, 0.05) is 48.3 Å². The van der Waals surface area contributed by atoms with Crippen molar-refractivity contribution in [1.82, 2.24) is 9.55 Å². The zero-order valence-electron chi connectivity index (χ0n) is 22.5. The standard InChI is InChI=1S/C29H33N3O8/c1-13-14-5-6-15(28(2,3)7-4-9-32-10-8-31-12-32)22(34)19(14)24(36)21-18(13)23(35)16-11-17(33)20(27(30)39)25(37)29(16,40)26(21)38/h5-6,8,10,12-13,16,18,23,34-37,40H,4,7,9,11H2,1-3H3,(H2,30,39)/t13-,16+,18+,23+,29+/m0/s1. The lowest BCUT2D eigenvalue weighted by molar-refractivity contribution is -0.160. The van der Waals surface area contributed by atoms with Crippen LogP contribution in [0, 0.1) is 11.8 Å². The average Bonchev–Trinajstić information content (AvgIpc) is 3.39. The van der Waals surface area contributed by atoms with E-state index in [0.29, 0.717) is 17.5 Å². The van der Waals surface area contributed by atoms with Gasteiger partial charge in [-0.25, -0.2) is 4.98 Å². The lowest BCUT2D eigenvalue weighted by Gasteiger charge is -2.50. The number of nitrogens with zero attached hydrogens (tertiary/aromatic N) is 2. The number of imidazole rings is 1. The van der Waals surface area contributed by atoms with E-state index < -0.39 is 75.9 Å². The number of hydrogen-bond acceptors (Lipinski definition) is 9. The molecule has 5 rings (SSSR count). The number of aryl methyl sites for hydroxylation is 1. The number of amides is 1. The molecule has 1 aromatic carbocycles. The van der Waals surface area contributed by atoms with Crippen LogP contribution in [-0.2, 0) is 26.3 Å². The number of aromatic nitrogens is 2. The highest BCUT2D eigenvalue weighted by Crippen LogP contribution is 2.56. The molecule has 7 N–H and O–H groups in total. The first-order chi connectivity index (χ1) is 18.7. The second-order valence-electron chi connectivity index (χ2n) is 11.7. The Morgan fingerprint density at radius 1 is 1.23 bits per heavy atom. The summed E-state index contributed by atoms with van der Waals surface area (Å²) < 4.78 is 1.95. The number of aliphatic hydroxyl groups excluding tert-OH is 3. The summed E-state index contributed by atoms with van der Waals surface area (Å²) in [7, 11) is 0. The molecule has 0 unspecified atom stereocenters. The third kappa shape index (κ3) is 3.79. The number of aliphatic hydroxyl groups is 4. The fourth-order valence-corrected chi connectivity index (χ4v) is 6.80. The predicted octanol–water partition coefficient (Wildman–Crippen LogP) is 1.91. The van der Waals surface area contributed by atoms with Gasteiger partial charge in [-0.2, -0.15) is 0 Å². The van der Waals surface area contributed by atoms with Gasteiger partial charge in [0.15, 0.2) is 11.4 Å². The molecule has 11 nitrogen and oxygen atoms in total. The van der Waals surface area contributed by atoms with Crippen molar-refractivity contribution in [3.8, 4) is 5.75 Å². The number of phenolic OH excluding ortho intramolecular Hbond substituents is 1. The van der Waals surface area contributed by atoms with E-state index in [0.717, 1.165) is 13.0 Å². The maximum atomic E-state index is 13.8. The molecule has 1 amide bonds. The molecule has 0 radical (unpaired) electrons. The molecule has 1 saturated carbocycles. The number of carbonyl (C=O) groups is 3. The van der Waals surface area contributed by atoms with Crippen LogP contribution in [0.15, 0.2) is 47.8 Å². The Bertz CT molecular complexity index is 1490. The van der Waals surface area contributed by atoms with Crippen LogP contribution in [0.5, 0.6) is 5.75 Å². The zero-order valence-corrected chi connectivity index (χ0v) is 22.5. The first-order valence-corrected chi connectivity index (χ1v) is 13.2. The maximum absolute atomic E-state index is 13.8. The maximum Gasteiger partial charge on any atom is 0.255 e. The number of phenols is 1. The van der Waals surface area contributed by atoms with Crippen LogP contribution < -0.4 is 5.73 Å². The molecule has 11 heteroatoms. The summed E-state index contributed by atoms with van der Waals surface area (Å²) in [5.41, 5.74) is 1.57. The Labute approximate surface area is 230 Å². The molecule has 3 aliphatic carbocycles. The van der Waals surface area contributed by atoms with E-state index in [4.69, 9.17) is 5.73 Å². The summed E-state index contributed by atoms with van der Waals surface area (Å²) in [5, 5.41) is 56.5. The number of fused-ring (bicyclic) bond motifs is 3. The first-order valence-electron chi connectivity index (χ1n) is 13.2. The summed E-state index contributed by atoms with van der Waals surface area (Å²) in [6.07, 6.45) is 4.58. The summed E-state index contributed by atoms with van der Waals surface area (Å²) in [6.45, 7) is 6.35. The first kappa shape index (κ1) is 27.6. The summed E-state index contributed by atoms with van der Waals surface area (Å²) in [4.78, 5) is 42.3. The molecule has 3 aliphatic rings. The largest absolute Gasteiger partial charge is 0.508 e. The fourth-order valence-electron chi connectivity index (χ4n) is 6.80. The van der Waals surface area contributed by atoms with Gasteiger partial charge in [-0.1, -0.05) is 32.9 Å². The van der Waals surface area contributed by atoms with Gasteiger partial charge in [-0.05, 0) is 29.7 Å². The second kappa shape index (κ2) is 9.31. The topological polar surface area (TPSA) is 196 Å². The lowest BCUT2D eigenvalue weighted by atomic mass is 9.55. The molecule has 2 aromatic rings. The van der Waals surface area contributed by atoms with Crippen molar-refractivity contribution in [3.05, 3.63) is 64.4 Å². The molecular formula is C29H33N3O8. The third-order valence-corrected chi connectivity index (χ3v) is 9.01. The number of aromatic hydroxyl groups is 1. The van der Waals surface area contributed by atoms with Crippen molar-refractivity contribution in [3.63, 3.8) is 0 Å². The molecule has 40 heavy (non-hydrogen) atoms. The quantitative estimate of drug-likeness (QED) is 0.291. The van der Waals surface area contributed by atoms with E-state index >= 15 is 0 Å². The van der Waals surface area contributed by atoms with Gasteiger partial charge in [-0.15, -0.1) is 0 Å². The lowest BCUT2D eigenvalue weighted by Crippen LogP contribution is -2.63. The smallest absolute Gasteiger partial charge is 0.255 e. The zero-order chi connectivity index (χ0) is 29.3. The molecule has 5 atom stereocenters. The van der Waals surface area contributed by atoms with E-state index in [1.807, 2.05) is 24.6 Å². The molecule has 0 spiro atoms. The van der Waals surface area contributed by atoms with Crippen LogP contribution in [0.2, 0.25) is 0 Å². The van der Waals surface area contributed by atoms with Crippen molar-refractivity contribution < 1.29 is 39.9 Å². The summed E-state index contributed by atoms with van der Waals surface area (Å²) in [5.74, 6) is -8.61. The minimum atomic E-state index is -2.85. The van der Waals surface area contributed by atoms with Crippen LogP contribution in [0.25, 0.3) is 5.76 Å². The van der Waals surface area contributed by atoms with Gasteiger partial charge in [0.2, 0.25) is 5.78 Å². The van der Waals surface area contributed by atoms with Crippen molar-refractivity contribution >= 4 is 23.2 Å². The Kier molecular flexibility index (Phi) is 6.42.